The van der Waals surface area contributed by atoms with Crippen molar-refractivity contribution in [3.05, 3.63) is 27.7 Å². The van der Waals surface area contributed by atoms with Gasteiger partial charge in [-0.3, -0.25) is 9.59 Å². The molecule has 22 heavy (non-hydrogen) atoms. The van der Waals surface area contributed by atoms with E-state index in [1.165, 1.54) is 13.2 Å². The minimum absolute atomic E-state index is 0.0320. The molecule has 116 valence electrons. The minimum Gasteiger partial charge on any atom is -0.504 e. The standard InChI is InChI=1S/C16H15BrO5/c1-22-13-6-12(17)11-5-10(16(20)21)8-3-2-7(18)4-9(8)14(11)15(13)19/h4,6,8,10,19H,2-3,5H2,1H3,(H,20,21)/t8-,10-/m0/s1. The van der Waals surface area contributed by atoms with Crippen LogP contribution in [0.2, 0.25) is 0 Å². The first-order chi connectivity index (χ1) is 10.4. The average Bonchev–Trinajstić information content (AvgIpc) is 2.48. The summed E-state index contributed by atoms with van der Waals surface area (Å²) in [5, 5.41) is 20.0. The van der Waals surface area contributed by atoms with Crippen LogP contribution in [0, 0.1) is 11.8 Å². The topological polar surface area (TPSA) is 83.8 Å². The molecule has 0 amide bonds. The molecule has 0 unspecified atom stereocenters. The number of allylic oxidation sites excluding steroid dienone is 2. The Hall–Kier alpha value is -1.82. The van der Waals surface area contributed by atoms with Crippen LogP contribution in [0.4, 0.5) is 0 Å². The number of carbonyl (C=O) groups is 2. The number of ketones is 1. The maximum Gasteiger partial charge on any atom is 0.307 e. The molecule has 0 aromatic heterocycles. The predicted molar refractivity (Wildman–Crippen MR) is 82.9 cm³/mol. The van der Waals surface area contributed by atoms with E-state index in [0.29, 0.717) is 46.2 Å². The molecular formula is C16H15BrO5. The lowest BCUT2D eigenvalue weighted by Gasteiger charge is -2.36. The summed E-state index contributed by atoms with van der Waals surface area (Å²) >= 11 is 3.42. The van der Waals surface area contributed by atoms with Crippen molar-refractivity contribution >= 4 is 33.3 Å². The van der Waals surface area contributed by atoms with Gasteiger partial charge in [-0.05, 0) is 42.0 Å². The average molecular weight is 367 g/mol. The maximum atomic E-state index is 11.8. The predicted octanol–water partition coefficient (Wildman–Crippen LogP) is 2.78. The molecule has 1 aromatic carbocycles. The van der Waals surface area contributed by atoms with Gasteiger partial charge in [0.05, 0.1) is 13.0 Å². The molecule has 2 aliphatic rings. The molecule has 5 nitrogen and oxygen atoms in total. The summed E-state index contributed by atoms with van der Waals surface area (Å²) < 4.78 is 5.85. The number of rotatable bonds is 2. The number of phenolic OH excluding ortho intramolecular Hbond substituents is 1. The summed E-state index contributed by atoms with van der Waals surface area (Å²) in [6, 6.07) is 1.62. The highest BCUT2D eigenvalue weighted by atomic mass is 79.9. The molecular weight excluding hydrogens is 352 g/mol. The number of ether oxygens (including phenoxy) is 1. The molecule has 0 fully saturated rings. The first-order valence-electron chi connectivity index (χ1n) is 7.00. The van der Waals surface area contributed by atoms with E-state index in [9.17, 15) is 19.8 Å². The summed E-state index contributed by atoms with van der Waals surface area (Å²) in [6.45, 7) is 0. The number of benzene rings is 1. The number of phenols is 1. The fourth-order valence-electron chi connectivity index (χ4n) is 3.43. The van der Waals surface area contributed by atoms with E-state index in [0.717, 1.165) is 0 Å². The van der Waals surface area contributed by atoms with Crippen molar-refractivity contribution in [1.82, 2.24) is 0 Å². The molecule has 2 N–H and O–H groups in total. The number of aromatic hydroxyl groups is 1. The van der Waals surface area contributed by atoms with Gasteiger partial charge in [0.1, 0.15) is 0 Å². The van der Waals surface area contributed by atoms with Crippen molar-refractivity contribution in [2.75, 3.05) is 7.11 Å². The molecule has 0 saturated heterocycles. The smallest absolute Gasteiger partial charge is 0.307 e. The Morgan fingerprint density at radius 3 is 2.82 bits per heavy atom. The van der Waals surface area contributed by atoms with Crippen LogP contribution in [0.5, 0.6) is 11.5 Å². The fourth-order valence-corrected chi connectivity index (χ4v) is 3.99. The largest absolute Gasteiger partial charge is 0.504 e. The van der Waals surface area contributed by atoms with Crippen molar-refractivity contribution < 1.29 is 24.5 Å². The third-order valence-electron chi connectivity index (χ3n) is 4.47. The van der Waals surface area contributed by atoms with Crippen molar-refractivity contribution in [3.63, 3.8) is 0 Å². The van der Waals surface area contributed by atoms with Gasteiger partial charge in [0.2, 0.25) is 0 Å². The second kappa shape index (κ2) is 5.43. The van der Waals surface area contributed by atoms with E-state index in [2.05, 4.69) is 15.9 Å². The number of carboxylic acids is 1. The van der Waals surface area contributed by atoms with Gasteiger partial charge in [0.25, 0.3) is 0 Å². The van der Waals surface area contributed by atoms with Crippen molar-refractivity contribution in [3.8, 4) is 11.5 Å². The van der Waals surface area contributed by atoms with Crippen molar-refractivity contribution in [2.24, 2.45) is 11.8 Å². The van der Waals surface area contributed by atoms with Gasteiger partial charge in [-0.25, -0.2) is 0 Å². The zero-order valence-electron chi connectivity index (χ0n) is 11.9. The second-order valence-corrected chi connectivity index (χ2v) is 6.48. The Labute approximate surface area is 135 Å². The van der Waals surface area contributed by atoms with Gasteiger partial charge in [0, 0.05) is 16.5 Å². The lowest BCUT2D eigenvalue weighted by molar-refractivity contribution is -0.143. The summed E-state index contributed by atoms with van der Waals surface area (Å²) in [5.41, 5.74) is 1.87. The highest BCUT2D eigenvalue weighted by Gasteiger charge is 2.41. The molecule has 0 saturated carbocycles. The van der Waals surface area contributed by atoms with Crippen LogP contribution in [0.25, 0.3) is 5.57 Å². The Morgan fingerprint density at radius 1 is 1.45 bits per heavy atom. The Balaban J connectivity index is 2.28. The van der Waals surface area contributed by atoms with Crippen LogP contribution in [0.1, 0.15) is 24.0 Å². The maximum absolute atomic E-state index is 11.8. The minimum atomic E-state index is -0.877. The number of carboxylic acid groups (broad SMARTS) is 1. The van der Waals surface area contributed by atoms with Gasteiger partial charge in [-0.15, -0.1) is 0 Å². The number of methoxy groups -OCH3 is 1. The molecule has 0 bridgehead atoms. The van der Waals surface area contributed by atoms with Crippen LogP contribution < -0.4 is 4.74 Å². The van der Waals surface area contributed by atoms with Gasteiger partial charge in [-0.2, -0.15) is 0 Å². The van der Waals surface area contributed by atoms with E-state index >= 15 is 0 Å². The number of carbonyl (C=O) groups excluding carboxylic acids is 1. The van der Waals surface area contributed by atoms with Crippen molar-refractivity contribution in [1.29, 1.82) is 0 Å². The van der Waals surface area contributed by atoms with Crippen LogP contribution >= 0.6 is 15.9 Å². The van der Waals surface area contributed by atoms with Gasteiger partial charge in [0.15, 0.2) is 17.3 Å². The molecule has 0 heterocycles. The SMILES string of the molecule is COc1cc(Br)c2c(c1O)C1=CC(=O)CC[C@@H]1[C@@H](C(=O)O)C2. The van der Waals surface area contributed by atoms with Gasteiger partial charge < -0.3 is 14.9 Å². The quantitative estimate of drug-likeness (QED) is 0.840. The molecule has 3 rings (SSSR count). The monoisotopic (exact) mass is 366 g/mol. The molecule has 0 spiro atoms. The molecule has 2 atom stereocenters. The molecule has 1 aromatic rings. The third-order valence-corrected chi connectivity index (χ3v) is 5.18. The van der Waals surface area contributed by atoms with E-state index in [1.807, 2.05) is 0 Å². The van der Waals surface area contributed by atoms with E-state index in [1.54, 1.807) is 6.07 Å². The fraction of sp³-hybridized carbons (Fsp3) is 0.375. The van der Waals surface area contributed by atoms with E-state index < -0.39 is 11.9 Å². The number of hydrogen-bond donors (Lipinski definition) is 2. The first kappa shape index (κ1) is 15.1. The highest BCUT2D eigenvalue weighted by molar-refractivity contribution is 9.10. The zero-order valence-corrected chi connectivity index (χ0v) is 13.5. The van der Waals surface area contributed by atoms with Gasteiger partial charge >= 0.3 is 5.97 Å². The van der Waals surface area contributed by atoms with Crippen LogP contribution in [0.3, 0.4) is 0 Å². The zero-order chi connectivity index (χ0) is 16.0. The molecule has 0 radical (unpaired) electrons. The number of fused-ring (bicyclic) bond motifs is 3. The normalized spacial score (nSPS) is 23.4. The summed E-state index contributed by atoms with van der Waals surface area (Å²) in [5.74, 6) is -1.49. The molecule has 6 heteroatoms. The highest BCUT2D eigenvalue weighted by Crippen LogP contribution is 2.51. The van der Waals surface area contributed by atoms with Crippen LogP contribution in [-0.4, -0.2) is 29.1 Å². The lowest BCUT2D eigenvalue weighted by Crippen LogP contribution is -2.33. The summed E-state index contributed by atoms with van der Waals surface area (Å²) in [4.78, 5) is 23.4. The van der Waals surface area contributed by atoms with Crippen molar-refractivity contribution in [2.45, 2.75) is 19.3 Å². The number of aliphatic carboxylic acids is 1. The summed E-state index contributed by atoms with van der Waals surface area (Å²) in [7, 11) is 1.45. The van der Waals surface area contributed by atoms with Gasteiger partial charge in [-0.1, -0.05) is 15.9 Å². The third kappa shape index (κ3) is 2.22. The number of halogens is 1. The Bertz CT molecular complexity index is 707. The molecule has 2 aliphatic carbocycles. The van der Waals surface area contributed by atoms with Crippen LogP contribution in [0.15, 0.2) is 16.6 Å². The lowest BCUT2D eigenvalue weighted by atomic mass is 9.68. The Kier molecular flexibility index (Phi) is 3.72. The second-order valence-electron chi connectivity index (χ2n) is 5.62. The van der Waals surface area contributed by atoms with E-state index in [4.69, 9.17) is 4.74 Å². The first-order valence-corrected chi connectivity index (χ1v) is 7.79. The molecule has 0 aliphatic heterocycles. The Morgan fingerprint density at radius 2 is 2.18 bits per heavy atom. The van der Waals surface area contributed by atoms with E-state index in [-0.39, 0.29) is 17.5 Å². The van der Waals surface area contributed by atoms with Crippen LogP contribution in [-0.2, 0) is 16.0 Å². The summed E-state index contributed by atoms with van der Waals surface area (Å²) in [6.07, 6.45) is 2.64. The number of hydrogen-bond acceptors (Lipinski definition) is 4.